The van der Waals surface area contributed by atoms with Crippen LogP contribution in [0.2, 0.25) is 0 Å². The van der Waals surface area contributed by atoms with Gasteiger partial charge in [0.15, 0.2) is 0 Å². The summed E-state index contributed by atoms with van der Waals surface area (Å²) in [7, 11) is 0. The van der Waals surface area contributed by atoms with Crippen molar-refractivity contribution in [1.29, 1.82) is 0 Å². The largest absolute Gasteiger partial charge is 0.480 e. The molecule has 1 aliphatic carbocycles. The molecule has 2 amide bonds. The number of aromatic nitrogens is 1. The molecular formula is C30H36FN3O4. The van der Waals surface area contributed by atoms with E-state index in [1.165, 1.54) is 12.1 Å². The van der Waals surface area contributed by atoms with Gasteiger partial charge < -0.3 is 20.3 Å². The Bertz CT molecular complexity index is 1300. The van der Waals surface area contributed by atoms with E-state index in [1.54, 1.807) is 6.07 Å². The lowest BCUT2D eigenvalue weighted by molar-refractivity contribution is -0.141. The van der Waals surface area contributed by atoms with Crippen LogP contribution in [-0.4, -0.2) is 40.0 Å². The van der Waals surface area contributed by atoms with Crippen LogP contribution in [0.25, 0.3) is 10.9 Å². The Balaban J connectivity index is 1.57. The zero-order chi connectivity index (χ0) is 27.2. The highest BCUT2D eigenvalue weighted by molar-refractivity contribution is 5.89. The van der Waals surface area contributed by atoms with Crippen LogP contribution >= 0.6 is 0 Å². The Morgan fingerprint density at radius 2 is 1.89 bits per heavy atom. The van der Waals surface area contributed by atoms with Gasteiger partial charge in [0.1, 0.15) is 11.9 Å². The van der Waals surface area contributed by atoms with Gasteiger partial charge in [-0.1, -0.05) is 44.2 Å². The first-order valence-corrected chi connectivity index (χ1v) is 13.5. The first kappa shape index (κ1) is 27.4. The van der Waals surface area contributed by atoms with Crippen molar-refractivity contribution in [3.8, 4) is 0 Å². The van der Waals surface area contributed by atoms with Gasteiger partial charge >= 0.3 is 5.97 Å². The van der Waals surface area contributed by atoms with Crippen molar-refractivity contribution in [2.75, 3.05) is 6.54 Å². The summed E-state index contributed by atoms with van der Waals surface area (Å²) in [4.78, 5) is 38.0. The molecule has 7 nitrogen and oxygen atoms in total. The first-order chi connectivity index (χ1) is 18.3. The number of nitrogens with zero attached hydrogens (tertiary/aromatic N) is 1. The number of fused-ring (bicyclic) bond motifs is 3. The molecule has 202 valence electrons. The number of hydrogen-bond donors (Lipinski definition) is 3. The van der Waals surface area contributed by atoms with Crippen LogP contribution in [0.4, 0.5) is 4.39 Å². The fourth-order valence-corrected chi connectivity index (χ4v) is 5.55. The number of amides is 2. The quantitative estimate of drug-likeness (QED) is 0.344. The monoisotopic (exact) mass is 521 g/mol. The molecule has 3 atom stereocenters. The maximum absolute atomic E-state index is 14.3. The number of rotatable bonds is 11. The minimum Gasteiger partial charge on any atom is -0.480 e. The summed E-state index contributed by atoms with van der Waals surface area (Å²) < 4.78 is 16.1. The number of carbonyl (C=O) groups excluding carboxylic acids is 2. The average Bonchev–Trinajstić information content (AvgIpc) is 3.20. The van der Waals surface area contributed by atoms with Crippen LogP contribution < -0.4 is 10.6 Å². The lowest BCUT2D eigenvalue weighted by Gasteiger charge is -2.28. The molecule has 0 saturated carbocycles. The minimum atomic E-state index is -0.919. The lowest BCUT2D eigenvalue weighted by atomic mass is 9.89. The van der Waals surface area contributed by atoms with Gasteiger partial charge in [-0.05, 0) is 67.9 Å². The zero-order valence-electron chi connectivity index (χ0n) is 22.0. The molecule has 0 aliphatic heterocycles. The smallest absolute Gasteiger partial charge is 0.326 e. The molecule has 3 aromatic rings. The van der Waals surface area contributed by atoms with Gasteiger partial charge in [0.25, 0.3) is 0 Å². The van der Waals surface area contributed by atoms with E-state index < -0.39 is 17.9 Å². The highest BCUT2D eigenvalue weighted by atomic mass is 19.1. The fraction of sp³-hybridized carbons (Fsp3) is 0.433. The van der Waals surface area contributed by atoms with Gasteiger partial charge in [-0.3, -0.25) is 9.59 Å². The molecule has 0 bridgehead atoms. The molecule has 1 aliphatic rings. The normalized spacial score (nSPS) is 16.4. The third-order valence-corrected chi connectivity index (χ3v) is 7.39. The summed E-state index contributed by atoms with van der Waals surface area (Å²) in [6.07, 6.45) is 3.45. The average molecular weight is 522 g/mol. The second-order valence-corrected chi connectivity index (χ2v) is 10.1. The topological polar surface area (TPSA) is 100 Å². The second kappa shape index (κ2) is 12.2. The second-order valence-electron chi connectivity index (χ2n) is 10.1. The number of carboxylic acids is 1. The Labute approximate surface area is 222 Å². The summed E-state index contributed by atoms with van der Waals surface area (Å²) in [5, 5.41) is 16.6. The van der Waals surface area contributed by atoms with Crippen molar-refractivity contribution in [1.82, 2.24) is 15.2 Å². The first-order valence-electron chi connectivity index (χ1n) is 13.5. The van der Waals surface area contributed by atoms with Gasteiger partial charge in [-0.25, -0.2) is 9.18 Å². The summed E-state index contributed by atoms with van der Waals surface area (Å²) in [5.74, 6) is -2.15. The van der Waals surface area contributed by atoms with Crippen molar-refractivity contribution in [3.05, 3.63) is 71.2 Å². The minimum absolute atomic E-state index is 0.0972. The van der Waals surface area contributed by atoms with Gasteiger partial charge in [0.2, 0.25) is 11.8 Å². The Morgan fingerprint density at radius 1 is 1.13 bits per heavy atom. The van der Waals surface area contributed by atoms with E-state index in [4.69, 9.17) is 0 Å². The van der Waals surface area contributed by atoms with Crippen molar-refractivity contribution >= 4 is 28.7 Å². The molecule has 1 heterocycles. The Hall–Kier alpha value is -3.68. The van der Waals surface area contributed by atoms with Gasteiger partial charge in [0.05, 0.1) is 5.92 Å². The number of nitrogens with one attached hydrogen (secondary N) is 2. The molecular weight excluding hydrogens is 485 g/mol. The summed E-state index contributed by atoms with van der Waals surface area (Å²) in [6, 6.07) is 13.2. The van der Waals surface area contributed by atoms with Crippen molar-refractivity contribution in [2.45, 2.75) is 70.9 Å². The SMILES string of the molecule is CCCNC(=O)C[C@H](Cc1ccccc1)C(=O)N[C@H]1CCc2c(c3cc(F)ccc3n2C(CC)C(=O)O)C1. The van der Waals surface area contributed by atoms with Crippen LogP contribution in [0.5, 0.6) is 0 Å². The number of benzene rings is 2. The van der Waals surface area contributed by atoms with Gasteiger partial charge in [-0.2, -0.15) is 0 Å². The molecule has 8 heteroatoms. The van der Waals surface area contributed by atoms with E-state index in [1.807, 2.05) is 48.7 Å². The van der Waals surface area contributed by atoms with E-state index in [9.17, 15) is 23.9 Å². The number of carbonyl (C=O) groups is 3. The number of aliphatic carboxylic acids is 1. The molecule has 0 saturated heterocycles. The molecule has 1 unspecified atom stereocenters. The number of carboxylic acid groups (broad SMARTS) is 1. The summed E-state index contributed by atoms with van der Waals surface area (Å²) >= 11 is 0. The van der Waals surface area contributed by atoms with Gasteiger partial charge in [-0.15, -0.1) is 0 Å². The molecule has 2 aromatic carbocycles. The van der Waals surface area contributed by atoms with Crippen LogP contribution in [-0.2, 0) is 33.6 Å². The predicted molar refractivity (Wildman–Crippen MR) is 144 cm³/mol. The Kier molecular flexibility index (Phi) is 8.81. The van der Waals surface area contributed by atoms with E-state index in [0.717, 1.165) is 23.2 Å². The third kappa shape index (κ3) is 6.06. The standard InChI is InChI=1S/C30H36FN3O4/c1-3-14-32-28(35)16-20(15-19-8-6-5-7-9-19)29(36)33-22-11-13-27-24(18-22)23-17-21(31)10-12-26(23)34(27)25(4-2)30(37)38/h5-10,12,17,20,22,25H,3-4,11,13-16,18H2,1-2H3,(H,32,35)(H,33,36)(H,37,38)/t20-,22-,25?/m0/s1. The molecule has 38 heavy (non-hydrogen) atoms. The number of halogens is 1. The number of hydrogen-bond acceptors (Lipinski definition) is 3. The summed E-state index contributed by atoms with van der Waals surface area (Å²) in [5.41, 5.74) is 3.47. The van der Waals surface area contributed by atoms with E-state index >= 15 is 0 Å². The fourth-order valence-electron chi connectivity index (χ4n) is 5.55. The summed E-state index contributed by atoms with van der Waals surface area (Å²) in [6.45, 7) is 4.38. The zero-order valence-corrected chi connectivity index (χ0v) is 22.0. The van der Waals surface area contributed by atoms with Crippen molar-refractivity contribution in [2.24, 2.45) is 5.92 Å². The molecule has 3 N–H and O–H groups in total. The molecule has 4 rings (SSSR count). The van der Waals surface area contributed by atoms with E-state index in [-0.39, 0.29) is 30.1 Å². The Morgan fingerprint density at radius 3 is 2.58 bits per heavy atom. The third-order valence-electron chi connectivity index (χ3n) is 7.39. The highest BCUT2D eigenvalue weighted by Gasteiger charge is 2.32. The van der Waals surface area contributed by atoms with Gasteiger partial charge in [0, 0.05) is 35.6 Å². The van der Waals surface area contributed by atoms with Crippen LogP contribution in [0.3, 0.4) is 0 Å². The van der Waals surface area contributed by atoms with Crippen LogP contribution in [0.15, 0.2) is 48.5 Å². The van der Waals surface area contributed by atoms with E-state index in [0.29, 0.717) is 49.6 Å². The maximum atomic E-state index is 14.3. The lowest BCUT2D eigenvalue weighted by Crippen LogP contribution is -2.44. The maximum Gasteiger partial charge on any atom is 0.326 e. The van der Waals surface area contributed by atoms with E-state index in [2.05, 4.69) is 10.6 Å². The van der Waals surface area contributed by atoms with Crippen molar-refractivity contribution in [3.63, 3.8) is 0 Å². The molecule has 0 radical (unpaired) electrons. The van der Waals surface area contributed by atoms with Crippen LogP contribution in [0, 0.1) is 11.7 Å². The highest BCUT2D eigenvalue weighted by Crippen LogP contribution is 2.36. The molecule has 0 spiro atoms. The molecule has 1 aromatic heterocycles. The molecule has 0 fully saturated rings. The van der Waals surface area contributed by atoms with Crippen LogP contribution in [0.1, 0.15) is 62.4 Å². The van der Waals surface area contributed by atoms with Crippen molar-refractivity contribution < 1.29 is 23.9 Å². The predicted octanol–water partition coefficient (Wildman–Crippen LogP) is 4.56.